The summed E-state index contributed by atoms with van der Waals surface area (Å²) in [6.45, 7) is 0. The number of benzene rings is 5. The van der Waals surface area contributed by atoms with Crippen LogP contribution in [0.5, 0.6) is 0 Å². The first-order valence-electron chi connectivity index (χ1n) is 10.1. The monoisotopic (exact) mass is 367 g/mol. The molecule has 0 atom stereocenters. The molecule has 0 aliphatic rings. The number of pyridine rings is 1. The summed E-state index contributed by atoms with van der Waals surface area (Å²) in [4.78, 5) is 0. The predicted octanol–water partition coefficient (Wildman–Crippen LogP) is 7.71. The molecular formula is C28H17N. The third-order valence-electron chi connectivity index (χ3n) is 6.33. The average Bonchev–Trinajstić information content (AvgIpc) is 3.19. The highest BCUT2D eigenvalue weighted by Crippen LogP contribution is 2.43. The van der Waals surface area contributed by atoms with Crippen LogP contribution >= 0.6 is 0 Å². The van der Waals surface area contributed by atoms with Crippen LogP contribution in [0, 0.1) is 0 Å². The maximum atomic E-state index is 2.39. The van der Waals surface area contributed by atoms with Crippen molar-refractivity contribution in [3.05, 3.63) is 103 Å². The molecule has 2 heterocycles. The summed E-state index contributed by atoms with van der Waals surface area (Å²) in [5, 5.41) is 11.9. The molecule has 0 amide bonds. The van der Waals surface area contributed by atoms with E-state index < -0.39 is 0 Å². The molecule has 0 unspecified atom stereocenters. The van der Waals surface area contributed by atoms with Crippen LogP contribution in [0.3, 0.4) is 0 Å². The minimum absolute atomic E-state index is 1.26. The standard InChI is InChI=1S/C28H17N/c1-2-10-19-18(9-1)17-29-25-16-8-7-15-24(25)26-22-13-5-3-11-20(22)21-12-4-6-14-23(21)27(26)28(19)29/h1-17H. The van der Waals surface area contributed by atoms with Crippen LogP contribution in [0.2, 0.25) is 0 Å². The average molecular weight is 367 g/mol. The molecule has 0 saturated heterocycles. The van der Waals surface area contributed by atoms with Crippen molar-refractivity contribution in [3.8, 4) is 0 Å². The van der Waals surface area contributed by atoms with Crippen molar-refractivity contribution >= 4 is 59.5 Å². The maximum Gasteiger partial charge on any atom is 0.0620 e. The fourth-order valence-corrected chi connectivity index (χ4v) is 5.17. The van der Waals surface area contributed by atoms with Gasteiger partial charge in [-0.25, -0.2) is 0 Å². The van der Waals surface area contributed by atoms with Crippen molar-refractivity contribution in [2.24, 2.45) is 0 Å². The quantitative estimate of drug-likeness (QED) is 0.242. The second-order valence-corrected chi connectivity index (χ2v) is 7.79. The Labute approximate surface area is 167 Å². The molecule has 0 fully saturated rings. The smallest absolute Gasteiger partial charge is 0.0620 e. The van der Waals surface area contributed by atoms with Crippen LogP contribution in [-0.2, 0) is 0 Å². The maximum absolute atomic E-state index is 2.39. The van der Waals surface area contributed by atoms with Gasteiger partial charge in [0, 0.05) is 33.1 Å². The van der Waals surface area contributed by atoms with Crippen molar-refractivity contribution in [2.75, 3.05) is 0 Å². The van der Waals surface area contributed by atoms with Gasteiger partial charge in [-0.15, -0.1) is 0 Å². The van der Waals surface area contributed by atoms with Crippen LogP contribution in [0.25, 0.3) is 59.5 Å². The lowest BCUT2D eigenvalue weighted by Gasteiger charge is -2.15. The molecule has 134 valence electrons. The molecule has 7 aromatic rings. The van der Waals surface area contributed by atoms with E-state index in [9.17, 15) is 0 Å². The number of nitrogens with zero attached hydrogens (tertiary/aromatic N) is 1. The van der Waals surface area contributed by atoms with E-state index in [0.29, 0.717) is 0 Å². The van der Waals surface area contributed by atoms with Gasteiger partial charge < -0.3 is 4.40 Å². The van der Waals surface area contributed by atoms with Gasteiger partial charge in [-0.3, -0.25) is 0 Å². The highest BCUT2D eigenvalue weighted by Gasteiger charge is 2.17. The summed E-state index contributed by atoms with van der Waals surface area (Å²) < 4.78 is 2.39. The van der Waals surface area contributed by atoms with E-state index in [1.165, 1.54) is 59.5 Å². The number of fused-ring (bicyclic) bond motifs is 13. The zero-order valence-corrected chi connectivity index (χ0v) is 15.8. The van der Waals surface area contributed by atoms with Crippen LogP contribution in [0.15, 0.2) is 103 Å². The van der Waals surface area contributed by atoms with E-state index in [0.717, 1.165) is 0 Å². The van der Waals surface area contributed by atoms with Crippen LogP contribution in [0.1, 0.15) is 0 Å². The van der Waals surface area contributed by atoms with Gasteiger partial charge in [0.1, 0.15) is 0 Å². The van der Waals surface area contributed by atoms with Crippen molar-refractivity contribution in [3.63, 3.8) is 0 Å². The van der Waals surface area contributed by atoms with Gasteiger partial charge in [0.05, 0.1) is 11.0 Å². The SMILES string of the molecule is c1ccc2c(c1)cn1c3ccccc3c3c4ccccc4c4ccccc4c3c21. The number of hydrogen-bond donors (Lipinski definition) is 0. The van der Waals surface area contributed by atoms with E-state index in [1.807, 2.05) is 0 Å². The second-order valence-electron chi connectivity index (χ2n) is 7.79. The second kappa shape index (κ2) is 5.36. The van der Waals surface area contributed by atoms with E-state index in [4.69, 9.17) is 0 Å². The van der Waals surface area contributed by atoms with E-state index >= 15 is 0 Å². The Hall–Kier alpha value is -3.84. The topological polar surface area (TPSA) is 4.41 Å². The van der Waals surface area contributed by atoms with Gasteiger partial charge in [-0.05, 0) is 27.6 Å². The lowest BCUT2D eigenvalue weighted by molar-refractivity contribution is 1.30. The molecule has 1 heteroatoms. The summed E-state index contributed by atoms with van der Waals surface area (Å²) in [6, 6.07) is 35.2. The molecule has 1 nitrogen and oxygen atoms in total. The fraction of sp³-hybridized carbons (Fsp3) is 0. The normalized spacial score (nSPS) is 12.1. The zero-order chi connectivity index (χ0) is 18.9. The van der Waals surface area contributed by atoms with E-state index in [2.05, 4.69) is 108 Å². The Morgan fingerprint density at radius 3 is 1.66 bits per heavy atom. The molecule has 0 radical (unpaired) electrons. The van der Waals surface area contributed by atoms with E-state index in [-0.39, 0.29) is 0 Å². The third kappa shape index (κ3) is 1.85. The predicted molar refractivity (Wildman–Crippen MR) is 125 cm³/mol. The first-order valence-corrected chi connectivity index (χ1v) is 10.1. The highest BCUT2D eigenvalue weighted by atomic mass is 14.9. The minimum atomic E-state index is 1.26. The van der Waals surface area contributed by atoms with Crippen molar-refractivity contribution in [1.29, 1.82) is 0 Å². The van der Waals surface area contributed by atoms with Gasteiger partial charge in [0.2, 0.25) is 0 Å². The molecule has 0 aliphatic heterocycles. The summed E-state index contributed by atoms with van der Waals surface area (Å²) in [5.41, 5.74) is 2.56. The summed E-state index contributed by atoms with van der Waals surface area (Å²) in [5.74, 6) is 0. The van der Waals surface area contributed by atoms with Crippen molar-refractivity contribution < 1.29 is 0 Å². The Balaban J connectivity index is 2.00. The van der Waals surface area contributed by atoms with E-state index in [1.54, 1.807) is 0 Å². The minimum Gasteiger partial charge on any atom is -0.315 e. The molecule has 0 spiro atoms. The fourth-order valence-electron chi connectivity index (χ4n) is 5.17. The van der Waals surface area contributed by atoms with Crippen LogP contribution in [-0.4, -0.2) is 4.40 Å². The Morgan fingerprint density at radius 1 is 0.414 bits per heavy atom. The number of rotatable bonds is 0. The summed E-state index contributed by atoms with van der Waals surface area (Å²) in [6.07, 6.45) is 2.29. The molecule has 29 heavy (non-hydrogen) atoms. The molecule has 7 rings (SSSR count). The first kappa shape index (κ1) is 15.1. The Kier molecular flexibility index (Phi) is 2.80. The first-order chi connectivity index (χ1) is 14.4. The van der Waals surface area contributed by atoms with Crippen molar-refractivity contribution in [1.82, 2.24) is 4.40 Å². The summed E-state index contributed by atoms with van der Waals surface area (Å²) in [7, 11) is 0. The number of aromatic nitrogens is 1. The molecule has 0 N–H and O–H groups in total. The van der Waals surface area contributed by atoms with Gasteiger partial charge >= 0.3 is 0 Å². The molecule has 0 saturated carbocycles. The van der Waals surface area contributed by atoms with Crippen molar-refractivity contribution in [2.45, 2.75) is 0 Å². The molecule has 5 aromatic carbocycles. The Morgan fingerprint density at radius 2 is 0.931 bits per heavy atom. The lowest BCUT2D eigenvalue weighted by atomic mass is 9.91. The molecule has 0 aliphatic carbocycles. The Bertz CT molecular complexity index is 1750. The molecule has 0 bridgehead atoms. The van der Waals surface area contributed by atoms with Gasteiger partial charge in [-0.1, -0.05) is 91.0 Å². The zero-order valence-electron chi connectivity index (χ0n) is 15.8. The molecule has 2 aromatic heterocycles. The third-order valence-corrected chi connectivity index (χ3v) is 6.33. The van der Waals surface area contributed by atoms with Crippen LogP contribution in [0.4, 0.5) is 0 Å². The summed E-state index contributed by atoms with van der Waals surface area (Å²) >= 11 is 0. The lowest BCUT2D eigenvalue weighted by Crippen LogP contribution is -1.92. The molecular weight excluding hydrogens is 350 g/mol. The van der Waals surface area contributed by atoms with Gasteiger partial charge in [-0.2, -0.15) is 0 Å². The number of hydrogen-bond acceptors (Lipinski definition) is 0. The van der Waals surface area contributed by atoms with Gasteiger partial charge in [0.15, 0.2) is 0 Å². The number of para-hydroxylation sites is 1. The van der Waals surface area contributed by atoms with Crippen LogP contribution < -0.4 is 0 Å². The van der Waals surface area contributed by atoms with Gasteiger partial charge in [0.25, 0.3) is 0 Å². The highest BCUT2D eigenvalue weighted by molar-refractivity contribution is 6.36. The largest absolute Gasteiger partial charge is 0.315 e.